The summed E-state index contributed by atoms with van der Waals surface area (Å²) in [4.78, 5) is 13.0. The quantitative estimate of drug-likeness (QED) is 0.782. The maximum absolute atomic E-state index is 10.8. The summed E-state index contributed by atoms with van der Waals surface area (Å²) in [6.07, 6.45) is 1.70. The van der Waals surface area contributed by atoms with Crippen molar-refractivity contribution in [1.29, 1.82) is 0 Å². The van der Waals surface area contributed by atoms with Crippen LogP contribution in [0.1, 0.15) is 12.8 Å². The molecule has 0 unspecified atom stereocenters. The molecule has 4 nitrogen and oxygen atoms in total. The van der Waals surface area contributed by atoms with Crippen molar-refractivity contribution in [2.75, 3.05) is 26.2 Å². The minimum absolute atomic E-state index is 0.181. The average molecular weight is 249 g/mol. The van der Waals surface area contributed by atoms with Gasteiger partial charge < -0.3 is 14.7 Å². The topological polar surface area (TPSA) is 49.8 Å². The lowest BCUT2D eigenvalue weighted by Crippen LogP contribution is -2.25. The van der Waals surface area contributed by atoms with Crippen molar-refractivity contribution in [2.24, 2.45) is 5.92 Å². The van der Waals surface area contributed by atoms with Crippen molar-refractivity contribution in [3.8, 4) is 5.75 Å². The fraction of sp³-hybridized carbons (Fsp3) is 0.500. The first-order valence-corrected chi connectivity index (χ1v) is 6.39. The molecular weight excluding hydrogens is 230 g/mol. The summed E-state index contributed by atoms with van der Waals surface area (Å²) in [6, 6.07) is 9.75. The monoisotopic (exact) mass is 249 g/mol. The van der Waals surface area contributed by atoms with Gasteiger partial charge in [-0.25, -0.2) is 0 Å². The Morgan fingerprint density at radius 2 is 2.17 bits per heavy atom. The zero-order valence-electron chi connectivity index (χ0n) is 10.4. The van der Waals surface area contributed by atoms with Crippen molar-refractivity contribution in [3.05, 3.63) is 30.3 Å². The number of benzene rings is 1. The molecule has 1 N–H and O–H groups in total. The normalized spacial score (nSPS) is 19.9. The Kier molecular flexibility index (Phi) is 4.59. The van der Waals surface area contributed by atoms with E-state index in [2.05, 4.69) is 4.90 Å². The maximum Gasteiger partial charge on any atom is 0.307 e. The molecule has 0 aromatic heterocycles. The van der Waals surface area contributed by atoms with E-state index in [1.54, 1.807) is 0 Å². The molecule has 1 fully saturated rings. The number of aliphatic carboxylic acids is 1. The molecule has 1 atom stereocenters. The van der Waals surface area contributed by atoms with Gasteiger partial charge in [-0.3, -0.25) is 4.79 Å². The van der Waals surface area contributed by atoms with Crippen LogP contribution in [-0.4, -0.2) is 42.2 Å². The summed E-state index contributed by atoms with van der Waals surface area (Å²) in [5.41, 5.74) is 0. The molecule has 1 saturated heterocycles. The number of ether oxygens (including phenoxy) is 1. The summed E-state index contributed by atoms with van der Waals surface area (Å²) in [5.74, 6) is 0.0420. The first kappa shape index (κ1) is 12.9. The lowest BCUT2D eigenvalue weighted by atomic mass is 10.1. The second-order valence-electron chi connectivity index (χ2n) is 4.64. The molecule has 98 valence electrons. The molecule has 0 radical (unpaired) electrons. The van der Waals surface area contributed by atoms with Crippen molar-refractivity contribution >= 4 is 5.97 Å². The van der Waals surface area contributed by atoms with E-state index in [0.29, 0.717) is 13.2 Å². The van der Waals surface area contributed by atoms with E-state index in [0.717, 1.165) is 31.7 Å². The second kappa shape index (κ2) is 6.40. The van der Waals surface area contributed by atoms with Gasteiger partial charge in [0.05, 0.1) is 12.5 Å². The van der Waals surface area contributed by atoms with Gasteiger partial charge in [0.25, 0.3) is 0 Å². The summed E-state index contributed by atoms with van der Waals surface area (Å²) < 4.78 is 5.60. The van der Waals surface area contributed by atoms with Crippen LogP contribution in [0.3, 0.4) is 0 Å². The van der Waals surface area contributed by atoms with Gasteiger partial charge in [-0.05, 0) is 31.5 Å². The minimum atomic E-state index is -0.668. The van der Waals surface area contributed by atoms with Gasteiger partial charge in [-0.15, -0.1) is 0 Å². The van der Waals surface area contributed by atoms with Gasteiger partial charge in [0.1, 0.15) is 5.75 Å². The van der Waals surface area contributed by atoms with Crippen molar-refractivity contribution in [2.45, 2.75) is 12.8 Å². The highest BCUT2D eigenvalue weighted by molar-refractivity contribution is 5.70. The summed E-state index contributed by atoms with van der Waals surface area (Å²) >= 11 is 0. The number of carboxylic acid groups (broad SMARTS) is 1. The lowest BCUT2D eigenvalue weighted by Gasteiger charge is -2.15. The van der Waals surface area contributed by atoms with Crippen LogP contribution in [0.25, 0.3) is 0 Å². The Morgan fingerprint density at radius 1 is 1.39 bits per heavy atom. The fourth-order valence-electron chi connectivity index (χ4n) is 2.23. The fourth-order valence-corrected chi connectivity index (χ4v) is 2.23. The van der Waals surface area contributed by atoms with Gasteiger partial charge >= 0.3 is 5.97 Å². The molecule has 18 heavy (non-hydrogen) atoms. The molecular formula is C14H19NO3. The average Bonchev–Trinajstić information content (AvgIpc) is 2.85. The van der Waals surface area contributed by atoms with Crippen LogP contribution < -0.4 is 4.74 Å². The van der Waals surface area contributed by atoms with Crippen molar-refractivity contribution < 1.29 is 14.6 Å². The van der Waals surface area contributed by atoms with Crippen molar-refractivity contribution in [1.82, 2.24) is 4.90 Å². The molecule has 1 aromatic carbocycles. The van der Waals surface area contributed by atoms with Crippen LogP contribution in [0.15, 0.2) is 30.3 Å². The van der Waals surface area contributed by atoms with E-state index >= 15 is 0 Å². The number of para-hydroxylation sites is 1. The Labute approximate surface area is 107 Å². The van der Waals surface area contributed by atoms with Gasteiger partial charge in [0.15, 0.2) is 0 Å². The Morgan fingerprint density at radius 3 is 2.83 bits per heavy atom. The SMILES string of the molecule is O=C(O)[C@H]1CCN(CCCOc2ccccc2)C1. The van der Waals surface area contributed by atoms with E-state index in [1.807, 2.05) is 30.3 Å². The van der Waals surface area contributed by atoms with Crippen LogP contribution in [0.2, 0.25) is 0 Å². The first-order chi connectivity index (χ1) is 8.75. The number of hydrogen-bond donors (Lipinski definition) is 1. The van der Waals surface area contributed by atoms with Crippen LogP contribution in [0.5, 0.6) is 5.75 Å². The second-order valence-corrected chi connectivity index (χ2v) is 4.64. The summed E-state index contributed by atoms with van der Waals surface area (Å²) in [7, 11) is 0. The molecule has 0 spiro atoms. The number of carboxylic acids is 1. The summed E-state index contributed by atoms with van der Waals surface area (Å²) in [6.45, 7) is 3.16. The van der Waals surface area contributed by atoms with Gasteiger partial charge in [-0.2, -0.15) is 0 Å². The number of likely N-dealkylation sites (tertiary alicyclic amines) is 1. The highest BCUT2D eigenvalue weighted by atomic mass is 16.5. The van der Waals surface area contributed by atoms with Gasteiger partial charge in [0.2, 0.25) is 0 Å². The predicted molar refractivity (Wildman–Crippen MR) is 68.7 cm³/mol. The van der Waals surface area contributed by atoms with E-state index in [4.69, 9.17) is 9.84 Å². The molecule has 0 amide bonds. The summed E-state index contributed by atoms with van der Waals surface area (Å²) in [5, 5.41) is 8.90. The largest absolute Gasteiger partial charge is 0.494 e. The zero-order valence-corrected chi connectivity index (χ0v) is 10.4. The molecule has 0 saturated carbocycles. The molecule has 1 heterocycles. The Hall–Kier alpha value is -1.55. The first-order valence-electron chi connectivity index (χ1n) is 6.39. The van der Waals surface area contributed by atoms with Crippen molar-refractivity contribution in [3.63, 3.8) is 0 Å². The van der Waals surface area contributed by atoms with Gasteiger partial charge in [0, 0.05) is 13.1 Å². The van der Waals surface area contributed by atoms with Crippen LogP contribution in [-0.2, 0) is 4.79 Å². The molecule has 4 heteroatoms. The maximum atomic E-state index is 10.8. The van der Waals surface area contributed by atoms with E-state index in [9.17, 15) is 4.79 Å². The third kappa shape index (κ3) is 3.74. The number of rotatable bonds is 6. The number of nitrogens with zero attached hydrogens (tertiary/aromatic N) is 1. The lowest BCUT2D eigenvalue weighted by molar-refractivity contribution is -0.141. The molecule has 0 aliphatic carbocycles. The molecule has 1 aliphatic rings. The highest BCUT2D eigenvalue weighted by Gasteiger charge is 2.27. The van der Waals surface area contributed by atoms with Crippen LogP contribution in [0.4, 0.5) is 0 Å². The molecule has 2 rings (SSSR count). The third-order valence-electron chi connectivity index (χ3n) is 3.25. The number of hydrogen-bond acceptors (Lipinski definition) is 3. The molecule has 0 bridgehead atoms. The molecule has 1 aliphatic heterocycles. The third-order valence-corrected chi connectivity index (χ3v) is 3.25. The van der Waals surface area contributed by atoms with E-state index in [-0.39, 0.29) is 5.92 Å². The molecule has 1 aromatic rings. The van der Waals surface area contributed by atoms with E-state index < -0.39 is 5.97 Å². The van der Waals surface area contributed by atoms with E-state index in [1.165, 1.54) is 0 Å². The minimum Gasteiger partial charge on any atom is -0.494 e. The highest BCUT2D eigenvalue weighted by Crippen LogP contribution is 2.16. The van der Waals surface area contributed by atoms with Crippen LogP contribution in [0, 0.1) is 5.92 Å². The number of carbonyl (C=O) groups is 1. The standard InChI is InChI=1S/C14H19NO3/c16-14(17)12-7-9-15(11-12)8-4-10-18-13-5-2-1-3-6-13/h1-3,5-6,12H,4,7-11H2,(H,16,17)/t12-/m0/s1. The predicted octanol–water partition coefficient (Wildman–Crippen LogP) is 1.86. The zero-order chi connectivity index (χ0) is 12.8. The van der Waals surface area contributed by atoms with Gasteiger partial charge in [-0.1, -0.05) is 18.2 Å². The van der Waals surface area contributed by atoms with Crippen LogP contribution >= 0.6 is 0 Å². The Bertz CT molecular complexity index is 380. The Balaban J connectivity index is 1.61. The smallest absolute Gasteiger partial charge is 0.307 e.